The van der Waals surface area contributed by atoms with Crippen LogP contribution in [0.15, 0.2) is 60.7 Å². The first-order valence-electron chi connectivity index (χ1n) is 14.3. The third-order valence-electron chi connectivity index (χ3n) is 8.55. The van der Waals surface area contributed by atoms with Gasteiger partial charge in [0.2, 0.25) is 11.8 Å². The lowest BCUT2D eigenvalue weighted by molar-refractivity contribution is -0.385. The van der Waals surface area contributed by atoms with Gasteiger partial charge in [0, 0.05) is 50.1 Å². The van der Waals surface area contributed by atoms with Gasteiger partial charge in [0.1, 0.15) is 11.8 Å². The summed E-state index contributed by atoms with van der Waals surface area (Å²) in [5, 5.41) is 15.1. The molecule has 1 N–H and O–H groups in total. The Labute approximate surface area is 257 Å². The van der Waals surface area contributed by atoms with Crippen molar-refractivity contribution in [2.24, 2.45) is 11.8 Å². The van der Waals surface area contributed by atoms with E-state index in [-0.39, 0.29) is 29.2 Å². The van der Waals surface area contributed by atoms with Crippen LogP contribution in [0.5, 0.6) is 5.75 Å². The molecular weight excluding hydrogens is 592 g/mol. The molecule has 0 bridgehead atoms. The van der Waals surface area contributed by atoms with Crippen molar-refractivity contribution in [2.45, 2.75) is 30.8 Å². The first-order valence-corrected chi connectivity index (χ1v) is 15.5. The number of nitro groups is 1. The van der Waals surface area contributed by atoms with Crippen LogP contribution in [0, 0.1) is 22.0 Å². The molecule has 12 heteroatoms. The molecule has 4 unspecified atom stereocenters. The second-order valence-electron chi connectivity index (χ2n) is 11.1. The molecule has 43 heavy (non-hydrogen) atoms. The zero-order valence-corrected chi connectivity index (χ0v) is 25.1. The van der Waals surface area contributed by atoms with Crippen molar-refractivity contribution < 1.29 is 24.0 Å². The summed E-state index contributed by atoms with van der Waals surface area (Å²) < 4.78 is 5.96. The summed E-state index contributed by atoms with van der Waals surface area (Å²) in [7, 11) is 1.54. The molecule has 1 saturated carbocycles. The summed E-state index contributed by atoms with van der Waals surface area (Å²) in [4.78, 5) is 58.6. The van der Waals surface area contributed by atoms with Crippen molar-refractivity contribution in [3.05, 3.63) is 91.1 Å². The minimum Gasteiger partial charge on any atom is -0.497 e. The number of Topliss-reactive ketones (excluding diaryl/α,β-unsaturated/α-hetero) is 1. The maximum Gasteiger partial charge on any atom is 0.269 e. The number of thiophene rings is 1. The van der Waals surface area contributed by atoms with E-state index in [4.69, 9.17) is 16.3 Å². The predicted octanol–water partition coefficient (Wildman–Crippen LogP) is 4.69. The summed E-state index contributed by atoms with van der Waals surface area (Å²) in [6.45, 7) is 2.16. The van der Waals surface area contributed by atoms with E-state index in [1.54, 1.807) is 59.4 Å². The van der Waals surface area contributed by atoms with E-state index in [1.165, 1.54) is 12.1 Å². The molecule has 0 spiro atoms. The van der Waals surface area contributed by atoms with E-state index in [0.717, 1.165) is 11.3 Å². The fourth-order valence-electron chi connectivity index (χ4n) is 6.42. The van der Waals surface area contributed by atoms with Gasteiger partial charge in [0.25, 0.3) is 5.69 Å². The minimum atomic E-state index is -1.01. The van der Waals surface area contributed by atoms with Crippen molar-refractivity contribution in [1.29, 1.82) is 0 Å². The highest BCUT2D eigenvalue weighted by atomic mass is 35.5. The molecule has 224 valence electrons. The lowest BCUT2D eigenvalue weighted by Gasteiger charge is -2.36. The number of non-ortho nitro benzene ring substituents is 1. The minimum absolute atomic E-state index is 0.156. The highest BCUT2D eigenvalue weighted by molar-refractivity contribution is 7.18. The van der Waals surface area contributed by atoms with Crippen LogP contribution in [0.3, 0.4) is 0 Å². The maximum absolute atomic E-state index is 14.6. The second kappa shape index (κ2) is 12.1. The van der Waals surface area contributed by atoms with Crippen LogP contribution < -0.4 is 10.1 Å². The Hall–Kier alpha value is -3.80. The number of halogens is 1. The Balaban J connectivity index is 1.60. The highest BCUT2D eigenvalue weighted by Crippen LogP contribution is 2.54. The molecule has 3 aromatic rings. The van der Waals surface area contributed by atoms with Gasteiger partial charge in [-0.05, 0) is 48.2 Å². The molecule has 3 heterocycles. The van der Waals surface area contributed by atoms with Crippen molar-refractivity contribution in [3.63, 3.8) is 0 Å². The number of ether oxygens (including phenoxy) is 1. The van der Waals surface area contributed by atoms with Crippen molar-refractivity contribution in [3.8, 4) is 5.75 Å². The number of ketones is 1. The number of carbonyl (C=O) groups is 3. The molecule has 2 amide bonds. The molecule has 4 atom stereocenters. The fraction of sp³-hybridized carbons (Fsp3) is 0.387. The van der Waals surface area contributed by atoms with Crippen LogP contribution in [-0.4, -0.2) is 71.7 Å². The molecule has 2 saturated heterocycles. The number of hydrogen-bond acceptors (Lipinski definition) is 8. The number of amides is 2. The molecule has 3 aliphatic rings. The average molecular weight is 623 g/mol. The Morgan fingerprint density at radius 3 is 2.37 bits per heavy atom. The number of nitro benzene ring substituents is 1. The third kappa shape index (κ3) is 5.64. The molecular formula is C31H31ClN4O6S. The molecule has 1 aromatic heterocycles. The van der Waals surface area contributed by atoms with E-state index >= 15 is 0 Å². The number of piperazine rings is 1. The summed E-state index contributed by atoms with van der Waals surface area (Å²) in [5.41, 5.74) is 0.958. The van der Waals surface area contributed by atoms with Crippen molar-refractivity contribution in [2.75, 3.05) is 33.3 Å². The van der Waals surface area contributed by atoms with Crippen LogP contribution in [-0.2, 0) is 9.59 Å². The predicted molar refractivity (Wildman–Crippen MR) is 162 cm³/mol. The summed E-state index contributed by atoms with van der Waals surface area (Å²) in [5.74, 6) is -2.12. The van der Waals surface area contributed by atoms with Gasteiger partial charge in [-0.1, -0.05) is 35.9 Å². The quantitative estimate of drug-likeness (QED) is 0.220. The third-order valence-corrected chi connectivity index (χ3v) is 9.80. The van der Waals surface area contributed by atoms with Gasteiger partial charge in [-0.3, -0.25) is 24.5 Å². The van der Waals surface area contributed by atoms with Crippen LogP contribution in [0.1, 0.15) is 45.6 Å². The van der Waals surface area contributed by atoms with Crippen LogP contribution in [0.2, 0.25) is 4.34 Å². The highest BCUT2D eigenvalue weighted by Gasteiger charge is 2.59. The number of carbonyl (C=O) groups excluding carboxylic acids is 3. The standard InChI is InChI=1S/C31H31ClN4O6S/c1-42-22-7-3-4-19(17-22)25-26(29(37)23-10-11-24(32)43-23)27(20-5-2-6-21(16-20)36(40)41)35(30(38)18-8-9-18)28(25)31(39)34-14-12-33-13-15-34/h2-7,10-11,16-18,25-28,33H,8-9,12-15H2,1H3. The molecule has 2 aromatic carbocycles. The SMILES string of the molecule is COc1cccc(C2C(C(=O)c3ccc(Cl)s3)C(c3cccc([N+](=O)[O-])c3)N(C(=O)C3CC3)C2C(=O)N2CCNCC2)c1. The molecule has 2 aliphatic heterocycles. The second-order valence-corrected chi connectivity index (χ2v) is 12.8. The van der Waals surface area contributed by atoms with E-state index in [2.05, 4.69) is 5.32 Å². The average Bonchev–Trinajstić information content (AvgIpc) is 3.70. The lowest BCUT2D eigenvalue weighted by atomic mass is 9.77. The fourth-order valence-corrected chi connectivity index (χ4v) is 7.45. The van der Waals surface area contributed by atoms with E-state index in [0.29, 0.717) is 65.1 Å². The topological polar surface area (TPSA) is 122 Å². The Morgan fingerprint density at radius 1 is 1.00 bits per heavy atom. The van der Waals surface area contributed by atoms with Gasteiger partial charge >= 0.3 is 0 Å². The van der Waals surface area contributed by atoms with Gasteiger partial charge in [-0.2, -0.15) is 0 Å². The summed E-state index contributed by atoms with van der Waals surface area (Å²) in [6.07, 6.45) is 1.38. The zero-order valence-electron chi connectivity index (χ0n) is 23.5. The zero-order chi connectivity index (χ0) is 30.2. The molecule has 3 fully saturated rings. The van der Waals surface area contributed by atoms with Gasteiger partial charge in [0.15, 0.2) is 5.78 Å². The van der Waals surface area contributed by atoms with E-state index in [1.807, 2.05) is 6.07 Å². The maximum atomic E-state index is 14.6. The van der Waals surface area contributed by atoms with Crippen molar-refractivity contribution in [1.82, 2.24) is 15.1 Å². The van der Waals surface area contributed by atoms with Crippen LogP contribution in [0.25, 0.3) is 0 Å². The molecule has 10 nitrogen and oxygen atoms in total. The van der Waals surface area contributed by atoms with Crippen LogP contribution in [0.4, 0.5) is 5.69 Å². The normalized spacial score (nSPS) is 23.7. The molecule has 0 radical (unpaired) electrons. The van der Waals surface area contributed by atoms with E-state index < -0.39 is 28.8 Å². The first-order chi connectivity index (χ1) is 20.8. The summed E-state index contributed by atoms with van der Waals surface area (Å²) in [6, 6.07) is 14.7. The van der Waals surface area contributed by atoms with Crippen molar-refractivity contribution >= 4 is 46.2 Å². The van der Waals surface area contributed by atoms with E-state index in [9.17, 15) is 24.5 Å². The summed E-state index contributed by atoms with van der Waals surface area (Å²) >= 11 is 7.40. The smallest absolute Gasteiger partial charge is 0.269 e. The number of nitrogens with zero attached hydrogens (tertiary/aromatic N) is 3. The first kappa shape index (κ1) is 29.3. The monoisotopic (exact) mass is 622 g/mol. The number of rotatable bonds is 8. The Bertz CT molecular complexity index is 1570. The number of benzene rings is 2. The number of methoxy groups -OCH3 is 1. The number of likely N-dealkylation sites (tertiary alicyclic amines) is 1. The van der Waals surface area contributed by atoms with Gasteiger partial charge in [-0.15, -0.1) is 11.3 Å². The van der Waals surface area contributed by atoms with Gasteiger partial charge in [0.05, 0.1) is 33.2 Å². The Morgan fingerprint density at radius 2 is 1.72 bits per heavy atom. The largest absolute Gasteiger partial charge is 0.497 e. The van der Waals surface area contributed by atoms with Gasteiger partial charge < -0.3 is 19.9 Å². The van der Waals surface area contributed by atoms with Crippen LogP contribution >= 0.6 is 22.9 Å². The Kier molecular flexibility index (Phi) is 8.21. The number of nitrogens with one attached hydrogen (secondary N) is 1. The lowest BCUT2D eigenvalue weighted by Crippen LogP contribution is -2.55. The number of hydrogen-bond donors (Lipinski definition) is 1. The van der Waals surface area contributed by atoms with Gasteiger partial charge in [-0.25, -0.2) is 0 Å². The molecule has 6 rings (SSSR count). The molecule has 1 aliphatic carbocycles.